The number of ketones is 1. The van der Waals surface area contributed by atoms with Crippen LogP contribution in [0.15, 0.2) is 0 Å². The van der Waals surface area contributed by atoms with Gasteiger partial charge in [0.25, 0.3) is 0 Å². The third-order valence-corrected chi connectivity index (χ3v) is 5.80. The van der Waals surface area contributed by atoms with Crippen molar-refractivity contribution < 1.29 is 4.79 Å². The summed E-state index contributed by atoms with van der Waals surface area (Å²) in [4.78, 5) is 12.1. The molecule has 0 saturated heterocycles. The molecule has 0 N–H and O–H groups in total. The second-order valence-corrected chi connectivity index (χ2v) is 7.71. The van der Waals surface area contributed by atoms with Crippen LogP contribution in [0.1, 0.15) is 60.8 Å². The van der Waals surface area contributed by atoms with Gasteiger partial charge in [-0.1, -0.05) is 34.6 Å². The normalized spacial score (nSPS) is 41.4. The van der Waals surface area contributed by atoms with Gasteiger partial charge in [0.05, 0.1) is 0 Å². The molecule has 0 aromatic rings. The smallest absolute Gasteiger partial charge is 0.134 e. The van der Waals surface area contributed by atoms with Crippen LogP contribution in [0.5, 0.6) is 0 Å². The zero-order chi connectivity index (χ0) is 12.4. The van der Waals surface area contributed by atoms with Crippen molar-refractivity contribution in [2.75, 3.05) is 0 Å². The van der Waals surface area contributed by atoms with E-state index >= 15 is 0 Å². The highest BCUT2D eigenvalue weighted by Crippen LogP contribution is 2.71. The van der Waals surface area contributed by atoms with Gasteiger partial charge in [-0.15, -0.1) is 0 Å². The number of carbonyl (C=O) groups excluding carboxylic acids is 1. The Morgan fingerprint density at radius 1 is 1.25 bits per heavy atom. The summed E-state index contributed by atoms with van der Waals surface area (Å²) in [5.74, 6) is 1.46. The summed E-state index contributed by atoms with van der Waals surface area (Å²) in [5.41, 5.74) is 0.746. The molecule has 0 aromatic carbocycles. The number of Topliss-reactive ketones (excluding diaryl/α,β-unsaturated/α-hetero) is 1. The Bertz CT molecular complexity index is 321. The molecule has 92 valence electrons. The van der Waals surface area contributed by atoms with Gasteiger partial charge in [0, 0.05) is 5.92 Å². The van der Waals surface area contributed by atoms with Gasteiger partial charge in [-0.25, -0.2) is 0 Å². The summed E-state index contributed by atoms with van der Waals surface area (Å²) in [6, 6.07) is 0. The van der Waals surface area contributed by atoms with Crippen molar-refractivity contribution in [3.8, 4) is 0 Å². The van der Waals surface area contributed by atoms with E-state index in [1.165, 1.54) is 19.3 Å². The molecule has 2 saturated carbocycles. The van der Waals surface area contributed by atoms with E-state index in [4.69, 9.17) is 0 Å². The lowest BCUT2D eigenvalue weighted by atomic mass is 9.54. The van der Waals surface area contributed by atoms with Crippen molar-refractivity contribution in [1.29, 1.82) is 0 Å². The Kier molecular flexibility index (Phi) is 2.36. The highest BCUT2D eigenvalue weighted by Gasteiger charge is 2.66. The lowest BCUT2D eigenvalue weighted by molar-refractivity contribution is -0.134. The molecule has 2 aliphatic carbocycles. The van der Waals surface area contributed by atoms with Crippen molar-refractivity contribution in [3.63, 3.8) is 0 Å². The average molecular weight is 222 g/mol. The molecule has 3 atom stereocenters. The number of fused-ring (bicyclic) bond motifs is 2. The van der Waals surface area contributed by atoms with Crippen molar-refractivity contribution in [3.05, 3.63) is 0 Å². The molecule has 1 nitrogen and oxygen atoms in total. The molecule has 0 radical (unpaired) electrons. The molecule has 0 spiro atoms. The van der Waals surface area contributed by atoms with Gasteiger partial charge >= 0.3 is 0 Å². The van der Waals surface area contributed by atoms with Gasteiger partial charge in [-0.05, 0) is 48.3 Å². The van der Waals surface area contributed by atoms with E-state index in [0.29, 0.717) is 5.78 Å². The van der Waals surface area contributed by atoms with Crippen LogP contribution in [0.4, 0.5) is 0 Å². The minimum atomic E-state index is 0.220. The van der Waals surface area contributed by atoms with E-state index in [-0.39, 0.29) is 22.2 Å². The summed E-state index contributed by atoms with van der Waals surface area (Å²) >= 11 is 0. The monoisotopic (exact) mass is 222 g/mol. The van der Waals surface area contributed by atoms with Gasteiger partial charge in [0.1, 0.15) is 5.78 Å². The Hall–Kier alpha value is -0.330. The Morgan fingerprint density at radius 3 is 2.19 bits per heavy atom. The standard InChI is InChI=1S/C15H26O/c1-10(16)12-14(5,6)11-7-8-15(12,9-11)13(2,3)4/h11-12H,7-9H2,1-6H3/t11-,12?,15-/m0/s1. The second kappa shape index (κ2) is 3.11. The van der Waals surface area contributed by atoms with Gasteiger partial charge in [0.15, 0.2) is 0 Å². The average Bonchev–Trinajstić information content (AvgIpc) is 2.55. The molecule has 2 rings (SSSR count). The van der Waals surface area contributed by atoms with Crippen molar-refractivity contribution in [2.45, 2.75) is 60.8 Å². The van der Waals surface area contributed by atoms with E-state index in [9.17, 15) is 4.79 Å². The largest absolute Gasteiger partial charge is 0.300 e. The first-order chi connectivity index (χ1) is 7.13. The predicted octanol–water partition coefficient (Wildman–Crippen LogP) is 4.06. The van der Waals surface area contributed by atoms with Crippen molar-refractivity contribution in [1.82, 2.24) is 0 Å². The molecule has 0 aliphatic heterocycles. The lowest BCUT2D eigenvalue weighted by Gasteiger charge is -2.49. The SMILES string of the molecule is CC(=O)C1C(C)(C)[C@H]2CC[C@]1(C(C)(C)C)C2. The molecule has 0 heterocycles. The maximum atomic E-state index is 12.1. The second-order valence-electron chi connectivity index (χ2n) is 7.71. The third-order valence-electron chi connectivity index (χ3n) is 5.80. The zero-order valence-electron chi connectivity index (χ0n) is 11.7. The fourth-order valence-corrected chi connectivity index (χ4v) is 4.95. The number of hydrogen-bond acceptors (Lipinski definition) is 1. The number of rotatable bonds is 1. The van der Waals surface area contributed by atoms with Crippen LogP contribution in [0.2, 0.25) is 0 Å². The Morgan fingerprint density at radius 2 is 1.81 bits per heavy atom. The van der Waals surface area contributed by atoms with E-state index in [1.54, 1.807) is 6.92 Å². The first-order valence-corrected chi connectivity index (χ1v) is 6.63. The van der Waals surface area contributed by atoms with Crippen LogP contribution in [0.3, 0.4) is 0 Å². The molecule has 1 unspecified atom stereocenters. The van der Waals surface area contributed by atoms with Gasteiger partial charge in [-0.3, -0.25) is 4.79 Å². The molecule has 2 bridgehead atoms. The molecule has 1 heteroatoms. The summed E-state index contributed by atoms with van der Waals surface area (Å²) in [6.07, 6.45) is 3.86. The first kappa shape index (κ1) is 12.1. The van der Waals surface area contributed by atoms with Gasteiger partial charge < -0.3 is 0 Å². The molecular weight excluding hydrogens is 196 g/mol. The van der Waals surface area contributed by atoms with E-state index in [2.05, 4.69) is 34.6 Å². The minimum absolute atomic E-state index is 0.220. The fourth-order valence-electron chi connectivity index (χ4n) is 4.95. The van der Waals surface area contributed by atoms with Crippen LogP contribution in [-0.4, -0.2) is 5.78 Å². The summed E-state index contributed by atoms with van der Waals surface area (Å²) in [6.45, 7) is 13.4. The minimum Gasteiger partial charge on any atom is -0.300 e. The molecule has 0 amide bonds. The molecule has 2 aliphatic rings. The number of carbonyl (C=O) groups is 1. The van der Waals surface area contributed by atoms with Crippen LogP contribution in [-0.2, 0) is 4.79 Å². The lowest BCUT2D eigenvalue weighted by Crippen LogP contribution is -2.47. The van der Waals surface area contributed by atoms with Gasteiger partial charge in [0.2, 0.25) is 0 Å². The fraction of sp³-hybridized carbons (Fsp3) is 0.933. The molecule has 0 aromatic heterocycles. The van der Waals surface area contributed by atoms with Crippen LogP contribution in [0.25, 0.3) is 0 Å². The van der Waals surface area contributed by atoms with E-state index < -0.39 is 0 Å². The first-order valence-electron chi connectivity index (χ1n) is 6.63. The summed E-state index contributed by atoms with van der Waals surface area (Å²) in [7, 11) is 0. The third kappa shape index (κ3) is 1.26. The van der Waals surface area contributed by atoms with E-state index in [0.717, 1.165) is 5.92 Å². The molecule has 16 heavy (non-hydrogen) atoms. The Labute approximate surface area is 100.0 Å². The van der Waals surface area contributed by atoms with Crippen LogP contribution in [0, 0.1) is 28.1 Å². The highest BCUT2D eigenvalue weighted by molar-refractivity contribution is 5.81. The quantitative estimate of drug-likeness (QED) is 0.654. The van der Waals surface area contributed by atoms with Crippen LogP contribution >= 0.6 is 0 Å². The Balaban J connectivity index is 2.50. The zero-order valence-corrected chi connectivity index (χ0v) is 11.7. The highest BCUT2D eigenvalue weighted by atomic mass is 16.1. The van der Waals surface area contributed by atoms with Gasteiger partial charge in [-0.2, -0.15) is 0 Å². The molecular formula is C15H26O. The molecule has 2 fully saturated rings. The topological polar surface area (TPSA) is 17.1 Å². The summed E-state index contributed by atoms with van der Waals surface area (Å²) < 4.78 is 0. The predicted molar refractivity (Wildman–Crippen MR) is 67.2 cm³/mol. The van der Waals surface area contributed by atoms with Crippen molar-refractivity contribution in [2.24, 2.45) is 28.1 Å². The maximum Gasteiger partial charge on any atom is 0.134 e. The number of hydrogen-bond donors (Lipinski definition) is 0. The van der Waals surface area contributed by atoms with Crippen molar-refractivity contribution >= 4 is 5.78 Å². The maximum absolute atomic E-state index is 12.1. The van der Waals surface area contributed by atoms with E-state index in [1.807, 2.05) is 0 Å². The summed E-state index contributed by atoms with van der Waals surface area (Å²) in [5, 5.41) is 0. The van der Waals surface area contributed by atoms with Crippen LogP contribution < -0.4 is 0 Å².